The van der Waals surface area contributed by atoms with Gasteiger partial charge < -0.3 is 5.32 Å². The standard InChI is InChI=1S/C23H18BrFN4O/c1-29-22(30)20(15-6-8-18(25)9-7-15)21(16-10-12-26-13-11-16)28-23(29)27-14-17-4-2-3-5-19(17)24/h2-13H,14H2,1H3,(H,27,28). The molecule has 150 valence electrons. The van der Waals surface area contributed by atoms with E-state index in [0.29, 0.717) is 29.3 Å². The number of nitrogens with one attached hydrogen (secondary N) is 1. The summed E-state index contributed by atoms with van der Waals surface area (Å²) in [4.78, 5) is 22.1. The molecular weight excluding hydrogens is 447 g/mol. The zero-order valence-corrected chi connectivity index (χ0v) is 17.7. The van der Waals surface area contributed by atoms with Crippen LogP contribution < -0.4 is 10.9 Å². The lowest BCUT2D eigenvalue weighted by atomic mass is 10.0. The Labute approximate surface area is 181 Å². The summed E-state index contributed by atoms with van der Waals surface area (Å²) in [5.74, 6) is 0.0779. The molecule has 0 atom stereocenters. The smallest absolute Gasteiger partial charge is 0.263 e. The topological polar surface area (TPSA) is 59.8 Å². The predicted molar refractivity (Wildman–Crippen MR) is 120 cm³/mol. The Kier molecular flexibility index (Phi) is 5.72. The highest BCUT2D eigenvalue weighted by Crippen LogP contribution is 2.29. The minimum absolute atomic E-state index is 0.224. The van der Waals surface area contributed by atoms with E-state index in [4.69, 9.17) is 4.98 Å². The zero-order valence-electron chi connectivity index (χ0n) is 16.1. The van der Waals surface area contributed by atoms with Crippen molar-refractivity contribution in [1.29, 1.82) is 0 Å². The van der Waals surface area contributed by atoms with Gasteiger partial charge in [-0.2, -0.15) is 0 Å². The van der Waals surface area contributed by atoms with Crippen LogP contribution in [0.15, 0.2) is 82.3 Å². The third-order valence-corrected chi connectivity index (χ3v) is 5.55. The summed E-state index contributed by atoms with van der Waals surface area (Å²) in [5, 5.41) is 3.26. The number of anilines is 1. The van der Waals surface area contributed by atoms with Crippen LogP contribution in [0.2, 0.25) is 0 Å². The highest BCUT2D eigenvalue weighted by Gasteiger charge is 2.18. The Bertz CT molecular complexity index is 1240. The van der Waals surface area contributed by atoms with Crippen LogP contribution in [0.3, 0.4) is 0 Å². The Morgan fingerprint density at radius 3 is 2.40 bits per heavy atom. The maximum Gasteiger partial charge on any atom is 0.263 e. The molecule has 0 amide bonds. The van der Waals surface area contributed by atoms with Crippen LogP contribution in [0.4, 0.5) is 10.3 Å². The first kappa shape index (κ1) is 20.0. The van der Waals surface area contributed by atoms with E-state index in [1.54, 1.807) is 43.7 Å². The first-order valence-electron chi connectivity index (χ1n) is 9.29. The molecular formula is C23H18BrFN4O. The molecule has 0 saturated heterocycles. The number of rotatable bonds is 5. The number of benzene rings is 2. The van der Waals surface area contributed by atoms with Crippen LogP contribution in [0.5, 0.6) is 0 Å². The molecule has 4 rings (SSSR count). The van der Waals surface area contributed by atoms with Crippen molar-refractivity contribution in [1.82, 2.24) is 14.5 Å². The van der Waals surface area contributed by atoms with Crippen LogP contribution >= 0.6 is 15.9 Å². The molecule has 0 fully saturated rings. The van der Waals surface area contributed by atoms with Gasteiger partial charge in [-0.3, -0.25) is 14.3 Å². The van der Waals surface area contributed by atoms with Gasteiger partial charge in [0.1, 0.15) is 5.82 Å². The normalized spacial score (nSPS) is 10.8. The summed E-state index contributed by atoms with van der Waals surface area (Å²) in [7, 11) is 1.67. The first-order valence-corrected chi connectivity index (χ1v) is 10.1. The second-order valence-corrected chi connectivity index (χ2v) is 7.57. The molecule has 2 aromatic carbocycles. The first-order chi connectivity index (χ1) is 14.5. The lowest BCUT2D eigenvalue weighted by Crippen LogP contribution is -2.25. The molecule has 1 N–H and O–H groups in total. The molecule has 5 nitrogen and oxygen atoms in total. The highest BCUT2D eigenvalue weighted by atomic mass is 79.9. The summed E-state index contributed by atoms with van der Waals surface area (Å²) < 4.78 is 15.9. The SMILES string of the molecule is Cn1c(NCc2ccccc2Br)nc(-c2ccncc2)c(-c2ccc(F)cc2)c1=O. The van der Waals surface area contributed by atoms with Crippen LogP contribution in [0.1, 0.15) is 5.56 Å². The van der Waals surface area contributed by atoms with Gasteiger partial charge in [0.25, 0.3) is 5.56 Å². The van der Waals surface area contributed by atoms with E-state index in [0.717, 1.165) is 15.6 Å². The average Bonchev–Trinajstić information content (AvgIpc) is 2.77. The summed E-state index contributed by atoms with van der Waals surface area (Å²) in [6.07, 6.45) is 3.30. The molecule has 7 heteroatoms. The van der Waals surface area contributed by atoms with E-state index in [9.17, 15) is 9.18 Å². The third-order valence-electron chi connectivity index (χ3n) is 4.77. The quantitative estimate of drug-likeness (QED) is 0.450. The van der Waals surface area contributed by atoms with Gasteiger partial charge in [0.2, 0.25) is 5.95 Å². The zero-order chi connectivity index (χ0) is 21.1. The summed E-state index contributed by atoms with van der Waals surface area (Å²) in [6.45, 7) is 0.493. The van der Waals surface area contributed by atoms with Crippen molar-refractivity contribution >= 4 is 21.9 Å². The molecule has 0 radical (unpaired) electrons. The van der Waals surface area contributed by atoms with Crippen molar-refractivity contribution < 1.29 is 4.39 Å². The number of halogens is 2. The number of aromatic nitrogens is 3. The summed E-state index contributed by atoms with van der Waals surface area (Å²) >= 11 is 3.54. The van der Waals surface area contributed by atoms with Crippen molar-refractivity contribution in [2.45, 2.75) is 6.54 Å². The fourth-order valence-corrected chi connectivity index (χ4v) is 3.60. The van der Waals surface area contributed by atoms with E-state index < -0.39 is 0 Å². The molecule has 2 aromatic heterocycles. The monoisotopic (exact) mass is 464 g/mol. The van der Waals surface area contributed by atoms with E-state index in [1.807, 2.05) is 24.3 Å². The Morgan fingerprint density at radius 1 is 1.00 bits per heavy atom. The van der Waals surface area contributed by atoms with Gasteiger partial charge in [-0.25, -0.2) is 9.37 Å². The minimum Gasteiger partial charge on any atom is -0.351 e. The fourth-order valence-electron chi connectivity index (χ4n) is 3.17. The number of pyridine rings is 1. The van der Waals surface area contributed by atoms with Crippen LogP contribution in [-0.2, 0) is 13.6 Å². The molecule has 0 saturated carbocycles. The van der Waals surface area contributed by atoms with Gasteiger partial charge in [-0.05, 0) is 41.5 Å². The molecule has 0 spiro atoms. The van der Waals surface area contributed by atoms with Crippen molar-refractivity contribution in [3.05, 3.63) is 99.3 Å². The molecule has 0 unspecified atom stereocenters. The number of hydrogen-bond acceptors (Lipinski definition) is 4. The maximum atomic E-state index is 13.4. The van der Waals surface area contributed by atoms with Gasteiger partial charge in [0.05, 0.1) is 11.3 Å². The van der Waals surface area contributed by atoms with E-state index >= 15 is 0 Å². The fraction of sp³-hybridized carbons (Fsp3) is 0.0870. The largest absolute Gasteiger partial charge is 0.351 e. The second kappa shape index (κ2) is 8.59. The number of hydrogen-bond donors (Lipinski definition) is 1. The van der Waals surface area contributed by atoms with E-state index in [-0.39, 0.29) is 11.4 Å². The lowest BCUT2D eigenvalue weighted by molar-refractivity contribution is 0.628. The minimum atomic E-state index is -0.360. The van der Waals surface area contributed by atoms with Gasteiger partial charge >= 0.3 is 0 Å². The Balaban J connectivity index is 1.83. The van der Waals surface area contributed by atoms with Crippen LogP contribution in [-0.4, -0.2) is 14.5 Å². The summed E-state index contributed by atoms with van der Waals surface area (Å²) in [5.41, 5.74) is 3.11. The molecule has 0 bridgehead atoms. The van der Waals surface area contributed by atoms with E-state index in [2.05, 4.69) is 26.2 Å². The Morgan fingerprint density at radius 2 is 1.70 bits per heavy atom. The molecule has 0 aliphatic heterocycles. The highest BCUT2D eigenvalue weighted by molar-refractivity contribution is 9.10. The van der Waals surface area contributed by atoms with Gasteiger partial charge in [-0.1, -0.05) is 46.3 Å². The van der Waals surface area contributed by atoms with Crippen molar-refractivity contribution in [2.75, 3.05) is 5.32 Å². The number of nitrogens with zero attached hydrogens (tertiary/aromatic N) is 3. The van der Waals surface area contributed by atoms with E-state index in [1.165, 1.54) is 16.7 Å². The van der Waals surface area contributed by atoms with Crippen molar-refractivity contribution in [3.8, 4) is 22.4 Å². The average molecular weight is 465 g/mol. The van der Waals surface area contributed by atoms with Crippen LogP contribution in [0.25, 0.3) is 22.4 Å². The van der Waals surface area contributed by atoms with Crippen molar-refractivity contribution in [3.63, 3.8) is 0 Å². The molecule has 0 aliphatic carbocycles. The van der Waals surface area contributed by atoms with Crippen molar-refractivity contribution in [2.24, 2.45) is 7.05 Å². The van der Waals surface area contributed by atoms with Gasteiger partial charge in [0, 0.05) is 36.0 Å². The maximum absolute atomic E-state index is 13.4. The Hall–Kier alpha value is -3.32. The third kappa shape index (κ3) is 4.02. The molecule has 2 heterocycles. The molecule has 4 aromatic rings. The molecule has 30 heavy (non-hydrogen) atoms. The molecule has 0 aliphatic rings. The van der Waals surface area contributed by atoms with Gasteiger partial charge in [-0.15, -0.1) is 0 Å². The summed E-state index contributed by atoms with van der Waals surface area (Å²) in [6, 6.07) is 17.3. The lowest BCUT2D eigenvalue weighted by Gasteiger charge is -2.16. The second-order valence-electron chi connectivity index (χ2n) is 6.71. The van der Waals surface area contributed by atoms with Gasteiger partial charge in [0.15, 0.2) is 0 Å². The predicted octanol–water partition coefficient (Wildman–Crippen LogP) is 5.02. The van der Waals surface area contributed by atoms with Crippen LogP contribution in [0, 0.1) is 5.82 Å².